The summed E-state index contributed by atoms with van der Waals surface area (Å²) in [6.45, 7) is 0.992. The van der Waals surface area contributed by atoms with Crippen LogP contribution >= 0.6 is 11.6 Å². The standard InChI is InChI=1S/C14H15ClO4/c15-10-3-4-11-14(19-6-5-18-11)13(10)9(7-12(16)17)8-1-2-8/h3-4,8-9H,1-2,5-7H2,(H,16,17). The maximum Gasteiger partial charge on any atom is 0.303 e. The normalized spacial score (nSPS) is 19.0. The second-order valence-corrected chi connectivity index (χ2v) is 5.43. The van der Waals surface area contributed by atoms with E-state index in [9.17, 15) is 4.79 Å². The number of ether oxygens (including phenoxy) is 2. The molecule has 1 saturated carbocycles. The topological polar surface area (TPSA) is 55.8 Å². The fourth-order valence-corrected chi connectivity index (χ4v) is 2.94. The summed E-state index contributed by atoms with van der Waals surface area (Å²) < 4.78 is 11.2. The van der Waals surface area contributed by atoms with Gasteiger partial charge in [-0.15, -0.1) is 0 Å². The van der Waals surface area contributed by atoms with E-state index in [1.165, 1.54) is 0 Å². The Balaban J connectivity index is 2.03. The minimum Gasteiger partial charge on any atom is -0.486 e. The van der Waals surface area contributed by atoms with Gasteiger partial charge in [-0.25, -0.2) is 0 Å². The van der Waals surface area contributed by atoms with Crippen LogP contribution in [0.25, 0.3) is 0 Å². The first-order chi connectivity index (χ1) is 9.16. The maximum atomic E-state index is 11.1. The molecule has 1 atom stereocenters. The number of carbonyl (C=O) groups is 1. The monoisotopic (exact) mass is 282 g/mol. The van der Waals surface area contributed by atoms with Crippen molar-refractivity contribution in [2.75, 3.05) is 13.2 Å². The van der Waals surface area contributed by atoms with E-state index in [0.717, 1.165) is 18.4 Å². The highest BCUT2D eigenvalue weighted by atomic mass is 35.5. The van der Waals surface area contributed by atoms with Gasteiger partial charge in [-0.2, -0.15) is 0 Å². The van der Waals surface area contributed by atoms with Crippen molar-refractivity contribution in [2.24, 2.45) is 5.92 Å². The SMILES string of the molecule is O=C(O)CC(c1c(Cl)ccc2c1OCCO2)C1CC1. The lowest BCUT2D eigenvalue weighted by molar-refractivity contribution is -0.137. The number of benzene rings is 1. The van der Waals surface area contributed by atoms with Crippen molar-refractivity contribution in [3.8, 4) is 11.5 Å². The lowest BCUT2D eigenvalue weighted by atomic mass is 9.89. The molecule has 0 aromatic heterocycles. The van der Waals surface area contributed by atoms with Crippen LogP contribution in [-0.4, -0.2) is 24.3 Å². The van der Waals surface area contributed by atoms with Crippen molar-refractivity contribution >= 4 is 17.6 Å². The summed E-state index contributed by atoms with van der Waals surface area (Å²) in [4.78, 5) is 11.1. The predicted molar refractivity (Wildman–Crippen MR) is 70.2 cm³/mol. The zero-order valence-electron chi connectivity index (χ0n) is 10.4. The van der Waals surface area contributed by atoms with Crippen LogP contribution in [0.2, 0.25) is 5.02 Å². The van der Waals surface area contributed by atoms with E-state index in [4.69, 9.17) is 26.2 Å². The number of aliphatic carboxylic acids is 1. The first kappa shape index (κ1) is 12.6. The number of halogens is 1. The van der Waals surface area contributed by atoms with Gasteiger partial charge in [0.25, 0.3) is 0 Å². The second-order valence-electron chi connectivity index (χ2n) is 5.03. The van der Waals surface area contributed by atoms with Gasteiger partial charge in [-0.3, -0.25) is 4.79 Å². The molecule has 0 amide bonds. The van der Waals surface area contributed by atoms with Gasteiger partial charge in [0.05, 0.1) is 6.42 Å². The molecule has 1 unspecified atom stereocenters. The Morgan fingerprint density at radius 1 is 1.37 bits per heavy atom. The number of carboxylic acids is 1. The molecule has 1 aromatic carbocycles. The minimum atomic E-state index is -0.803. The Hall–Kier alpha value is -1.42. The molecule has 2 aliphatic rings. The van der Waals surface area contributed by atoms with Crippen LogP contribution in [0.3, 0.4) is 0 Å². The highest BCUT2D eigenvalue weighted by Gasteiger charge is 2.38. The van der Waals surface area contributed by atoms with Crippen LogP contribution in [0.4, 0.5) is 0 Å². The van der Waals surface area contributed by atoms with Crippen LogP contribution in [0.15, 0.2) is 12.1 Å². The Bertz CT molecular complexity index is 510. The van der Waals surface area contributed by atoms with Crippen molar-refractivity contribution < 1.29 is 19.4 Å². The Morgan fingerprint density at radius 3 is 2.79 bits per heavy atom. The van der Waals surface area contributed by atoms with Gasteiger partial charge in [-0.05, 0) is 30.9 Å². The van der Waals surface area contributed by atoms with Crippen molar-refractivity contribution in [3.05, 3.63) is 22.7 Å². The van der Waals surface area contributed by atoms with E-state index in [2.05, 4.69) is 0 Å². The molecule has 1 aliphatic carbocycles. The fraction of sp³-hybridized carbons (Fsp3) is 0.500. The van der Waals surface area contributed by atoms with Gasteiger partial charge in [0.2, 0.25) is 0 Å². The van der Waals surface area contributed by atoms with Crippen LogP contribution in [0.5, 0.6) is 11.5 Å². The fourth-order valence-electron chi connectivity index (χ4n) is 2.65. The molecule has 1 aromatic rings. The molecule has 3 rings (SSSR count). The second kappa shape index (κ2) is 4.93. The quantitative estimate of drug-likeness (QED) is 0.922. The molecular formula is C14H15ClO4. The third-order valence-electron chi connectivity index (χ3n) is 3.65. The summed E-state index contributed by atoms with van der Waals surface area (Å²) in [5.41, 5.74) is 0.809. The minimum absolute atomic E-state index is 0.0818. The molecule has 1 aliphatic heterocycles. The van der Waals surface area contributed by atoms with Crippen molar-refractivity contribution in [1.29, 1.82) is 0 Å². The van der Waals surface area contributed by atoms with Gasteiger partial charge in [0.1, 0.15) is 13.2 Å². The van der Waals surface area contributed by atoms with E-state index in [0.29, 0.717) is 35.7 Å². The van der Waals surface area contributed by atoms with E-state index in [1.807, 2.05) is 0 Å². The largest absolute Gasteiger partial charge is 0.486 e. The summed E-state index contributed by atoms with van der Waals surface area (Å²) in [6, 6.07) is 3.55. The Morgan fingerprint density at radius 2 is 2.11 bits per heavy atom. The molecule has 5 heteroatoms. The molecule has 0 bridgehead atoms. The summed E-state index contributed by atoms with van der Waals surface area (Å²) in [5.74, 6) is 0.813. The Kier molecular flexibility index (Phi) is 3.27. The molecule has 0 spiro atoms. The van der Waals surface area contributed by atoms with Crippen LogP contribution in [0.1, 0.15) is 30.7 Å². The van der Waals surface area contributed by atoms with Crippen LogP contribution in [0, 0.1) is 5.92 Å². The molecule has 1 heterocycles. The highest BCUT2D eigenvalue weighted by Crippen LogP contribution is 2.51. The maximum absolute atomic E-state index is 11.1. The number of fused-ring (bicyclic) bond motifs is 1. The number of carboxylic acid groups (broad SMARTS) is 1. The van der Waals surface area contributed by atoms with Gasteiger partial charge in [0.15, 0.2) is 11.5 Å². The van der Waals surface area contributed by atoms with E-state index < -0.39 is 5.97 Å². The van der Waals surface area contributed by atoms with Crippen LogP contribution < -0.4 is 9.47 Å². The Labute approximate surface area is 116 Å². The van der Waals surface area contributed by atoms with Crippen molar-refractivity contribution in [1.82, 2.24) is 0 Å². The number of hydrogen-bond acceptors (Lipinski definition) is 3. The molecule has 4 nitrogen and oxygen atoms in total. The zero-order valence-corrected chi connectivity index (χ0v) is 11.2. The third kappa shape index (κ3) is 2.50. The summed E-state index contributed by atoms with van der Waals surface area (Å²) in [7, 11) is 0. The number of rotatable bonds is 4. The summed E-state index contributed by atoms with van der Waals surface area (Å²) in [5, 5.41) is 9.67. The van der Waals surface area contributed by atoms with E-state index in [1.54, 1.807) is 12.1 Å². The van der Waals surface area contributed by atoms with Gasteiger partial charge >= 0.3 is 5.97 Å². The first-order valence-electron chi connectivity index (χ1n) is 6.46. The third-order valence-corrected chi connectivity index (χ3v) is 3.98. The molecule has 0 saturated heterocycles. The van der Waals surface area contributed by atoms with Gasteiger partial charge < -0.3 is 14.6 Å². The molecule has 1 N–H and O–H groups in total. The molecule has 19 heavy (non-hydrogen) atoms. The lowest BCUT2D eigenvalue weighted by Gasteiger charge is -2.25. The molecular weight excluding hydrogens is 268 g/mol. The summed E-state index contributed by atoms with van der Waals surface area (Å²) in [6.07, 6.45) is 2.20. The summed E-state index contributed by atoms with van der Waals surface area (Å²) >= 11 is 6.28. The first-order valence-corrected chi connectivity index (χ1v) is 6.84. The zero-order chi connectivity index (χ0) is 13.4. The average Bonchev–Trinajstić information content (AvgIpc) is 3.20. The highest BCUT2D eigenvalue weighted by molar-refractivity contribution is 6.31. The van der Waals surface area contributed by atoms with Crippen molar-refractivity contribution in [2.45, 2.75) is 25.2 Å². The van der Waals surface area contributed by atoms with Gasteiger partial charge in [0, 0.05) is 16.5 Å². The number of hydrogen-bond donors (Lipinski definition) is 1. The predicted octanol–water partition coefficient (Wildman–Crippen LogP) is 3.08. The van der Waals surface area contributed by atoms with Gasteiger partial charge in [-0.1, -0.05) is 11.6 Å². The smallest absolute Gasteiger partial charge is 0.303 e. The van der Waals surface area contributed by atoms with Crippen LogP contribution in [-0.2, 0) is 4.79 Å². The average molecular weight is 283 g/mol. The van der Waals surface area contributed by atoms with E-state index >= 15 is 0 Å². The molecule has 102 valence electrons. The molecule has 1 fully saturated rings. The van der Waals surface area contributed by atoms with E-state index in [-0.39, 0.29) is 12.3 Å². The van der Waals surface area contributed by atoms with Crippen molar-refractivity contribution in [3.63, 3.8) is 0 Å². The lowest BCUT2D eigenvalue weighted by Crippen LogP contribution is -2.19. The molecule has 0 radical (unpaired) electrons.